The van der Waals surface area contributed by atoms with Crippen LogP contribution in [0.25, 0.3) is 0 Å². The third kappa shape index (κ3) is 8.63. The van der Waals surface area contributed by atoms with Gasteiger partial charge in [0.1, 0.15) is 0 Å². The first-order valence-corrected chi connectivity index (χ1v) is 14.6. The van der Waals surface area contributed by atoms with Gasteiger partial charge in [-0.1, -0.05) is 35.5 Å². The highest BCUT2D eigenvalue weighted by atomic mass is 16.6. The largest absolute Gasteiger partial charge is 0.465 e. The molecule has 0 aliphatic carbocycles. The van der Waals surface area contributed by atoms with Gasteiger partial charge >= 0.3 is 23.9 Å². The van der Waals surface area contributed by atoms with Crippen LogP contribution < -0.4 is 0 Å². The van der Waals surface area contributed by atoms with Gasteiger partial charge in [0.25, 0.3) is 11.4 Å². The molecule has 0 unspecified atom stereocenters. The Morgan fingerprint density at radius 2 is 0.673 bits per heavy atom. The van der Waals surface area contributed by atoms with E-state index >= 15 is 0 Å². The number of carbonyl (C=O) groups is 4. The topological polar surface area (TPSA) is 191 Å². The van der Waals surface area contributed by atoms with Crippen LogP contribution in [0.15, 0.2) is 72.8 Å². The van der Waals surface area contributed by atoms with E-state index in [2.05, 4.69) is 35.5 Å². The summed E-state index contributed by atoms with van der Waals surface area (Å²) < 4.78 is 19.4. The molecule has 4 aromatic rings. The summed E-state index contributed by atoms with van der Waals surface area (Å²) in [5.41, 5.74) is 0.181. The van der Waals surface area contributed by atoms with Crippen molar-refractivity contribution in [1.29, 1.82) is 0 Å². The smallest absolute Gasteiger partial charge is 0.338 e. The monoisotopic (exact) mass is 700 g/mol. The summed E-state index contributed by atoms with van der Waals surface area (Å²) in [5.74, 6) is 13.7. The lowest BCUT2D eigenvalue weighted by molar-refractivity contribution is -0.385. The first-order chi connectivity index (χ1) is 24.9. The van der Waals surface area contributed by atoms with Crippen molar-refractivity contribution >= 4 is 35.3 Å². The van der Waals surface area contributed by atoms with Gasteiger partial charge in [-0.15, -0.1) is 0 Å². The van der Waals surface area contributed by atoms with Crippen LogP contribution in [0.5, 0.6) is 0 Å². The fraction of sp³-hybridized carbons (Fsp3) is 0.105. The second-order valence-corrected chi connectivity index (χ2v) is 10.2. The van der Waals surface area contributed by atoms with Gasteiger partial charge in [-0.2, -0.15) is 0 Å². The molecule has 0 saturated heterocycles. The Labute approximate surface area is 295 Å². The highest BCUT2D eigenvalue weighted by Gasteiger charge is 2.23. The van der Waals surface area contributed by atoms with Gasteiger partial charge in [0.2, 0.25) is 0 Å². The average Bonchev–Trinajstić information content (AvgIpc) is 3.17. The molecule has 0 heterocycles. The van der Waals surface area contributed by atoms with E-state index in [1.54, 1.807) is 0 Å². The number of hydrogen-bond donors (Lipinski definition) is 0. The zero-order valence-corrected chi connectivity index (χ0v) is 27.7. The van der Waals surface area contributed by atoms with Crippen LogP contribution in [0.3, 0.4) is 0 Å². The number of nitro groups is 2. The maximum atomic E-state index is 12.8. The van der Waals surface area contributed by atoms with Crippen molar-refractivity contribution in [1.82, 2.24) is 0 Å². The van der Waals surface area contributed by atoms with Gasteiger partial charge < -0.3 is 18.9 Å². The standard InChI is InChI=1S/C38H24N2O12/c1-49-35(41)31-19-25(11-5-23-7-15-29(16-8-23)39(45)46)27(21-33(31)37(43)51-3)13-14-28-22-34(38(44)52-4)32(36(42)50-2)20-26(28)12-6-24-9-17-30(18-10-24)40(47)48/h7-10,15-22H,1-4H3. The maximum Gasteiger partial charge on any atom is 0.338 e. The lowest BCUT2D eigenvalue weighted by atomic mass is 9.96. The second kappa shape index (κ2) is 16.6. The van der Waals surface area contributed by atoms with Gasteiger partial charge in [0, 0.05) is 57.6 Å². The van der Waals surface area contributed by atoms with Crippen LogP contribution in [0, 0.1) is 55.8 Å². The van der Waals surface area contributed by atoms with Crippen molar-refractivity contribution in [2.75, 3.05) is 28.4 Å². The number of non-ortho nitro benzene ring substituents is 2. The van der Waals surface area contributed by atoms with Crippen LogP contribution in [0.2, 0.25) is 0 Å². The number of methoxy groups -OCH3 is 4. The first kappa shape index (κ1) is 37.1. The van der Waals surface area contributed by atoms with Crippen molar-refractivity contribution in [3.63, 3.8) is 0 Å². The second-order valence-electron chi connectivity index (χ2n) is 10.2. The van der Waals surface area contributed by atoms with Crippen LogP contribution in [0.4, 0.5) is 11.4 Å². The first-order valence-electron chi connectivity index (χ1n) is 14.6. The molecule has 14 heteroatoms. The zero-order valence-electron chi connectivity index (χ0n) is 27.7. The lowest BCUT2D eigenvalue weighted by Gasteiger charge is -2.10. The predicted molar refractivity (Wildman–Crippen MR) is 182 cm³/mol. The summed E-state index contributed by atoms with van der Waals surface area (Å²) in [6.45, 7) is 0. The van der Waals surface area contributed by atoms with E-state index in [1.807, 2.05) is 0 Å². The number of carbonyl (C=O) groups excluding carboxylic acids is 4. The van der Waals surface area contributed by atoms with Crippen LogP contribution >= 0.6 is 0 Å². The average molecular weight is 701 g/mol. The molecule has 4 aromatic carbocycles. The molecule has 0 radical (unpaired) electrons. The summed E-state index contributed by atoms with van der Waals surface area (Å²) in [4.78, 5) is 71.9. The Bertz CT molecular complexity index is 2160. The third-order valence-electron chi connectivity index (χ3n) is 7.11. The summed E-state index contributed by atoms with van der Waals surface area (Å²) in [7, 11) is 4.47. The molecule has 0 aliphatic rings. The highest BCUT2D eigenvalue weighted by Crippen LogP contribution is 2.22. The normalized spacial score (nSPS) is 9.69. The molecule has 0 aliphatic heterocycles. The molecule has 4 rings (SSSR count). The summed E-state index contributed by atoms with van der Waals surface area (Å²) in [5, 5.41) is 22.1. The minimum atomic E-state index is -0.886. The molecule has 258 valence electrons. The number of benzene rings is 4. The molecular formula is C38H24N2O12. The molecule has 0 fully saturated rings. The molecule has 0 aromatic heterocycles. The molecule has 52 heavy (non-hydrogen) atoms. The molecule has 0 spiro atoms. The number of ether oxygens (including phenoxy) is 4. The Kier molecular flexibility index (Phi) is 11.8. The highest BCUT2D eigenvalue weighted by molar-refractivity contribution is 6.05. The number of esters is 4. The van der Waals surface area contributed by atoms with E-state index in [1.165, 1.54) is 72.8 Å². The molecule has 14 nitrogen and oxygen atoms in total. The Hall–Kier alpha value is -7.76. The minimum Gasteiger partial charge on any atom is -0.465 e. The number of hydrogen-bond acceptors (Lipinski definition) is 12. The van der Waals surface area contributed by atoms with Crippen LogP contribution in [-0.4, -0.2) is 62.2 Å². The molecular weight excluding hydrogens is 676 g/mol. The van der Waals surface area contributed by atoms with Crippen molar-refractivity contribution < 1.29 is 48.0 Å². The van der Waals surface area contributed by atoms with E-state index in [0.29, 0.717) is 11.1 Å². The molecule has 0 amide bonds. The van der Waals surface area contributed by atoms with Gasteiger partial charge in [-0.3, -0.25) is 20.2 Å². The quantitative estimate of drug-likeness (QED) is 0.0875. The summed E-state index contributed by atoms with van der Waals surface area (Å²) in [6, 6.07) is 15.8. The van der Waals surface area contributed by atoms with Crippen molar-refractivity contribution in [2.45, 2.75) is 0 Å². The van der Waals surface area contributed by atoms with Gasteiger partial charge in [0.15, 0.2) is 0 Å². The Morgan fingerprint density at radius 1 is 0.442 bits per heavy atom. The molecule has 0 N–H and O–H groups in total. The number of nitrogens with zero attached hydrogens (tertiary/aromatic N) is 2. The van der Waals surface area contributed by atoms with Gasteiger partial charge in [-0.05, 0) is 48.5 Å². The van der Waals surface area contributed by atoms with Crippen molar-refractivity contribution in [2.24, 2.45) is 0 Å². The number of nitro benzene ring substituents is 2. The van der Waals surface area contributed by atoms with E-state index < -0.39 is 33.7 Å². The van der Waals surface area contributed by atoms with E-state index in [4.69, 9.17) is 18.9 Å². The molecule has 0 saturated carbocycles. The van der Waals surface area contributed by atoms with E-state index in [9.17, 15) is 39.4 Å². The molecule has 0 bridgehead atoms. The predicted octanol–water partition coefficient (Wildman–Crippen LogP) is 4.85. The fourth-order valence-electron chi connectivity index (χ4n) is 4.48. The zero-order chi connectivity index (χ0) is 37.9. The fourth-order valence-corrected chi connectivity index (χ4v) is 4.48. The van der Waals surface area contributed by atoms with Gasteiger partial charge in [0.05, 0.1) is 60.5 Å². The SMILES string of the molecule is COC(=O)c1cc(C#Cc2ccc([N+](=O)[O-])cc2)c(C#Cc2cc(C(=O)OC)c(C(=O)OC)cc2C#Cc2ccc([N+](=O)[O-])cc2)cc1C(=O)OC. The minimum absolute atomic E-state index is 0.105. The van der Waals surface area contributed by atoms with Crippen LogP contribution in [0.1, 0.15) is 74.8 Å². The van der Waals surface area contributed by atoms with E-state index in [-0.39, 0.29) is 55.9 Å². The molecule has 0 atom stereocenters. The van der Waals surface area contributed by atoms with E-state index in [0.717, 1.165) is 28.4 Å². The Balaban J connectivity index is 1.99. The van der Waals surface area contributed by atoms with Crippen molar-refractivity contribution in [3.05, 3.63) is 149 Å². The van der Waals surface area contributed by atoms with Crippen LogP contribution in [-0.2, 0) is 18.9 Å². The Morgan fingerprint density at radius 3 is 0.885 bits per heavy atom. The van der Waals surface area contributed by atoms with Crippen molar-refractivity contribution in [3.8, 4) is 35.5 Å². The summed E-state index contributed by atoms with van der Waals surface area (Å²) >= 11 is 0. The maximum absolute atomic E-state index is 12.8. The lowest BCUT2D eigenvalue weighted by Crippen LogP contribution is -2.13. The van der Waals surface area contributed by atoms with Gasteiger partial charge in [-0.25, -0.2) is 19.2 Å². The number of rotatable bonds is 6. The summed E-state index contributed by atoms with van der Waals surface area (Å²) in [6.07, 6.45) is 0. The third-order valence-corrected chi connectivity index (χ3v) is 7.11.